The maximum Gasteiger partial charge on any atom is 0.332 e. The number of anilines is 2. The lowest BCUT2D eigenvalue weighted by atomic mass is 10.1. The standard InChI is InChI=1S/C25H26FN5O2/c1-15-9-16(2)11-20(10-15)29-12-17(3)13-30-21-22(27-24(29)30)28(4)25(33)31(23(21)32)14-18-5-7-19(26)8-6-18/h5-11,17H,12-14H2,1-4H3/t17-/m0/s1. The van der Waals surface area contributed by atoms with Crippen LogP contribution < -0.4 is 16.1 Å². The fourth-order valence-electron chi connectivity index (χ4n) is 4.74. The second kappa shape index (κ2) is 7.72. The Balaban J connectivity index is 1.72. The summed E-state index contributed by atoms with van der Waals surface area (Å²) < 4.78 is 17.9. The highest BCUT2D eigenvalue weighted by atomic mass is 19.1. The van der Waals surface area contributed by atoms with Crippen LogP contribution in [-0.2, 0) is 20.1 Å². The van der Waals surface area contributed by atoms with Gasteiger partial charge in [-0.05, 0) is 60.7 Å². The van der Waals surface area contributed by atoms with Crippen molar-refractivity contribution in [2.24, 2.45) is 13.0 Å². The molecule has 5 rings (SSSR count). The first-order valence-corrected chi connectivity index (χ1v) is 11.0. The molecule has 0 radical (unpaired) electrons. The fourth-order valence-corrected chi connectivity index (χ4v) is 4.74. The second-order valence-corrected chi connectivity index (χ2v) is 9.12. The molecule has 7 nitrogen and oxygen atoms in total. The molecule has 2 aromatic heterocycles. The largest absolute Gasteiger partial charge is 0.332 e. The third kappa shape index (κ3) is 3.55. The summed E-state index contributed by atoms with van der Waals surface area (Å²) in [5, 5.41) is 0. The van der Waals surface area contributed by atoms with Gasteiger partial charge < -0.3 is 9.47 Å². The van der Waals surface area contributed by atoms with Crippen LogP contribution in [0.1, 0.15) is 23.6 Å². The number of fused-ring (bicyclic) bond motifs is 3. The normalized spacial score (nSPS) is 15.8. The molecule has 2 aromatic carbocycles. The van der Waals surface area contributed by atoms with E-state index in [-0.39, 0.29) is 23.8 Å². The molecular formula is C25H26FN5O2. The minimum absolute atomic E-state index is 0.0680. The molecule has 0 fully saturated rings. The highest BCUT2D eigenvalue weighted by Gasteiger charge is 2.30. The first kappa shape index (κ1) is 21.2. The molecule has 0 unspecified atom stereocenters. The van der Waals surface area contributed by atoms with E-state index in [2.05, 4.69) is 43.9 Å². The van der Waals surface area contributed by atoms with Crippen LogP contribution in [-0.4, -0.2) is 25.2 Å². The van der Waals surface area contributed by atoms with Crippen molar-refractivity contribution < 1.29 is 4.39 Å². The minimum Gasteiger partial charge on any atom is -0.312 e. The first-order valence-electron chi connectivity index (χ1n) is 11.0. The molecule has 0 aliphatic carbocycles. The van der Waals surface area contributed by atoms with E-state index in [4.69, 9.17) is 4.98 Å². The van der Waals surface area contributed by atoms with Gasteiger partial charge in [0.25, 0.3) is 5.56 Å². The third-order valence-corrected chi connectivity index (χ3v) is 6.21. The molecule has 0 spiro atoms. The van der Waals surface area contributed by atoms with Crippen LogP contribution in [0.25, 0.3) is 11.2 Å². The lowest BCUT2D eigenvalue weighted by Gasteiger charge is -2.33. The topological polar surface area (TPSA) is 65.1 Å². The molecule has 0 bridgehead atoms. The maximum absolute atomic E-state index is 13.6. The fraction of sp³-hybridized carbons (Fsp3) is 0.320. The van der Waals surface area contributed by atoms with Crippen LogP contribution in [0.4, 0.5) is 16.0 Å². The monoisotopic (exact) mass is 447 g/mol. The van der Waals surface area contributed by atoms with Crippen LogP contribution in [0.3, 0.4) is 0 Å². The number of aryl methyl sites for hydroxylation is 3. The predicted octanol–water partition coefficient (Wildman–Crippen LogP) is 3.49. The molecule has 0 N–H and O–H groups in total. The Labute approximate surface area is 190 Å². The predicted molar refractivity (Wildman–Crippen MR) is 127 cm³/mol. The lowest BCUT2D eigenvalue weighted by molar-refractivity contribution is 0.458. The van der Waals surface area contributed by atoms with Crippen molar-refractivity contribution >= 4 is 22.8 Å². The molecule has 1 atom stereocenters. The molecule has 0 saturated carbocycles. The van der Waals surface area contributed by atoms with Gasteiger partial charge in [0.2, 0.25) is 5.95 Å². The summed E-state index contributed by atoms with van der Waals surface area (Å²) in [6.07, 6.45) is 0. The maximum atomic E-state index is 13.6. The van der Waals surface area contributed by atoms with Crippen molar-refractivity contribution in [2.45, 2.75) is 33.9 Å². The first-order chi connectivity index (χ1) is 15.7. The number of aromatic nitrogens is 4. The van der Waals surface area contributed by atoms with Crippen LogP contribution in [0.2, 0.25) is 0 Å². The molecule has 1 aliphatic heterocycles. The van der Waals surface area contributed by atoms with E-state index < -0.39 is 5.69 Å². The summed E-state index contributed by atoms with van der Waals surface area (Å²) in [7, 11) is 1.63. The molecule has 8 heteroatoms. The van der Waals surface area contributed by atoms with Gasteiger partial charge in [-0.15, -0.1) is 0 Å². The van der Waals surface area contributed by atoms with Gasteiger partial charge in [0, 0.05) is 25.8 Å². The molecule has 1 aliphatic rings. The molecule has 0 amide bonds. The lowest BCUT2D eigenvalue weighted by Crippen LogP contribution is -2.40. The number of hydrogen-bond donors (Lipinski definition) is 0. The average Bonchev–Trinajstić information content (AvgIpc) is 3.15. The summed E-state index contributed by atoms with van der Waals surface area (Å²) in [5.41, 5.74) is 3.96. The summed E-state index contributed by atoms with van der Waals surface area (Å²) in [4.78, 5) is 33.5. The van der Waals surface area contributed by atoms with E-state index in [1.165, 1.54) is 21.3 Å². The van der Waals surface area contributed by atoms with Crippen molar-refractivity contribution in [1.82, 2.24) is 18.7 Å². The number of halogens is 1. The highest BCUT2D eigenvalue weighted by Crippen LogP contribution is 2.33. The summed E-state index contributed by atoms with van der Waals surface area (Å²) in [5.74, 6) is 0.581. The van der Waals surface area contributed by atoms with Gasteiger partial charge in [-0.3, -0.25) is 13.9 Å². The van der Waals surface area contributed by atoms with Crippen LogP contribution >= 0.6 is 0 Å². The van der Waals surface area contributed by atoms with Gasteiger partial charge in [-0.1, -0.05) is 25.1 Å². The smallest absolute Gasteiger partial charge is 0.312 e. The van der Waals surface area contributed by atoms with Crippen molar-refractivity contribution in [3.63, 3.8) is 0 Å². The van der Waals surface area contributed by atoms with Crippen molar-refractivity contribution in [1.29, 1.82) is 0 Å². The van der Waals surface area contributed by atoms with E-state index in [9.17, 15) is 14.0 Å². The molecule has 4 aromatic rings. The van der Waals surface area contributed by atoms with E-state index in [0.29, 0.717) is 29.2 Å². The number of nitrogens with zero attached hydrogens (tertiary/aromatic N) is 5. The molecule has 170 valence electrons. The summed E-state index contributed by atoms with van der Waals surface area (Å²) in [6, 6.07) is 12.2. The van der Waals surface area contributed by atoms with Crippen molar-refractivity contribution in [3.05, 3.63) is 85.8 Å². The average molecular weight is 448 g/mol. The Morgan fingerprint density at radius 3 is 2.36 bits per heavy atom. The molecule has 0 saturated heterocycles. The van der Waals surface area contributed by atoms with Gasteiger partial charge in [-0.25, -0.2) is 9.18 Å². The van der Waals surface area contributed by atoms with Crippen LogP contribution in [0.15, 0.2) is 52.1 Å². The third-order valence-electron chi connectivity index (χ3n) is 6.21. The van der Waals surface area contributed by atoms with Crippen LogP contribution in [0, 0.1) is 25.6 Å². The van der Waals surface area contributed by atoms with Crippen molar-refractivity contribution in [2.75, 3.05) is 11.4 Å². The molecular weight excluding hydrogens is 421 g/mol. The number of benzene rings is 2. The number of hydrogen-bond acceptors (Lipinski definition) is 4. The van der Waals surface area contributed by atoms with Crippen LogP contribution in [0.5, 0.6) is 0 Å². The minimum atomic E-state index is -0.446. The Morgan fingerprint density at radius 1 is 1.03 bits per heavy atom. The zero-order chi connectivity index (χ0) is 23.4. The van der Waals surface area contributed by atoms with Gasteiger partial charge in [0.1, 0.15) is 5.82 Å². The molecule has 33 heavy (non-hydrogen) atoms. The van der Waals surface area contributed by atoms with Gasteiger partial charge in [0.15, 0.2) is 11.2 Å². The second-order valence-electron chi connectivity index (χ2n) is 9.12. The Bertz CT molecular complexity index is 1480. The van der Waals surface area contributed by atoms with Gasteiger partial charge in [-0.2, -0.15) is 4.98 Å². The van der Waals surface area contributed by atoms with E-state index in [0.717, 1.165) is 23.4 Å². The van der Waals surface area contributed by atoms with E-state index in [1.54, 1.807) is 19.2 Å². The van der Waals surface area contributed by atoms with Gasteiger partial charge in [0.05, 0.1) is 6.54 Å². The van der Waals surface area contributed by atoms with Crippen molar-refractivity contribution in [3.8, 4) is 0 Å². The van der Waals surface area contributed by atoms with Gasteiger partial charge >= 0.3 is 5.69 Å². The zero-order valence-electron chi connectivity index (χ0n) is 19.2. The van der Waals surface area contributed by atoms with E-state index in [1.807, 2.05) is 4.57 Å². The summed E-state index contributed by atoms with van der Waals surface area (Å²) >= 11 is 0. The highest BCUT2D eigenvalue weighted by molar-refractivity contribution is 5.77. The Kier molecular flexibility index (Phi) is 4.96. The SMILES string of the molecule is Cc1cc(C)cc(N2C[C@H](C)Cn3c2nc2c3c(=O)n(Cc3ccc(F)cc3)c(=O)n2C)c1. The Hall–Kier alpha value is -3.68. The quantitative estimate of drug-likeness (QED) is 0.482. The molecule has 3 heterocycles. The Morgan fingerprint density at radius 2 is 1.70 bits per heavy atom. The summed E-state index contributed by atoms with van der Waals surface area (Å²) in [6.45, 7) is 7.73. The number of rotatable bonds is 3. The zero-order valence-corrected chi connectivity index (χ0v) is 19.2. The van der Waals surface area contributed by atoms with E-state index >= 15 is 0 Å². The number of imidazole rings is 1.